The van der Waals surface area contributed by atoms with Crippen molar-refractivity contribution in [1.82, 2.24) is 24.6 Å². The number of carbonyl (C=O) groups is 1. The highest BCUT2D eigenvalue weighted by atomic mass is 16.2. The topological polar surface area (TPSA) is 64.7 Å². The van der Waals surface area contributed by atoms with Gasteiger partial charge in [0.15, 0.2) is 0 Å². The third-order valence-electron chi connectivity index (χ3n) is 4.76. The molecule has 2 aromatic heterocycles. The molecule has 0 radical (unpaired) electrons. The summed E-state index contributed by atoms with van der Waals surface area (Å²) in [5.41, 5.74) is 4.59. The number of hydrogen-bond donors (Lipinski definition) is 1. The minimum absolute atomic E-state index is 0.138. The van der Waals surface area contributed by atoms with E-state index in [0.29, 0.717) is 25.3 Å². The molecule has 0 saturated carbocycles. The van der Waals surface area contributed by atoms with Crippen molar-refractivity contribution in [3.63, 3.8) is 0 Å². The third-order valence-corrected chi connectivity index (χ3v) is 4.76. The summed E-state index contributed by atoms with van der Waals surface area (Å²) in [5.74, 6) is 0.693. The minimum atomic E-state index is -0.138. The van der Waals surface area contributed by atoms with Gasteiger partial charge in [0.05, 0.1) is 23.3 Å². The fraction of sp³-hybridized carbons (Fsp3) is 0.227. The first-order chi connectivity index (χ1) is 13.7. The second-order valence-corrected chi connectivity index (χ2v) is 6.76. The van der Waals surface area contributed by atoms with Crippen molar-refractivity contribution in [3.8, 4) is 0 Å². The molecular formula is C22H23N5O. The zero-order valence-corrected chi connectivity index (χ0v) is 16.1. The predicted molar refractivity (Wildman–Crippen MR) is 109 cm³/mol. The molecule has 0 saturated heterocycles. The fourth-order valence-corrected chi connectivity index (χ4v) is 3.42. The number of imidazole rings is 1. The maximum absolute atomic E-state index is 12.7. The molecule has 1 N–H and O–H groups in total. The number of fused-ring (bicyclic) bond motifs is 1. The number of hydrogen-bond acceptors (Lipinski definition) is 3. The highest BCUT2D eigenvalue weighted by Crippen LogP contribution is 2.18. The van der Waals surface area contributed by atoms with Crippen LogP contribution in [0.2, 0.25) is 0 Å². The van der Waals surface area contributed by atoms with E-state index in [2.05, 4.69) is 33.2 Å². The number of para-hydroxylation sites is 2. The van der Waals surface area contributed by atoms with Crippen LogP contribution in [0, 0.1) is 6.92 Å². The van der Waals surface area contributed by atoms with Gasteiger partial charge in [-0.3, -0.25) is 9.48 Å². The van der Waals surface area contributed by atoms with E-state index in [0.717, 1.165) is 22.6 Å². The van der Waals surface area contributed by atoms with Gasteiger partial charge in [0, 0.05) is 13.1 Å². The highest BCUT2D eigenvalue weighted by Gasteiger charge is 2.16. The van der Waals surface area contributed by atoms with Crippen LogP contribution in [0.3, 0.4) is 0 Å². The Morgan fingerprint density at radius 3 is 2.61 bits per heavy atom. The average molecular weight is 373 g/mol. The van der Waals surface area contributed by atoms with E-state index < -0.39 is 0 Å². The van der Waals surface area contributed by atoms with E-state index in [1.165, 1.54) is 5.56 Å². The zero-order chi connectivity index (χ0) is 19.5. The molecule has 2 heterocycles. The van der Waals surface area contributed by atoms with Gasteiger partial charge in [0.25, 0.3) is 5.91 Å². The molecule has 0 aliphatic heterocycles. The fourth-order valence-electron chi connectivity index (χ4n) is 3.42. The maximum atomic E-state index is 12.7. The molecule has 4 aromatic rings. The van der Waals surface area contributed by atoms with Crippen molar-refractivity contribution in [1.29, 1.82) is 0 Å². The van der Waals surface area contributed by atoms with Gasteiger partial charge in [-0.25, -0.2) is 4.98 Å². The first-order valence-electron chi connectivity index (χ1n) is 9.46. The van der Waals surface area contributed by atoms with E-state index in [1.807, 2.05) is 56.3 Å². The molecule has 6 heteroatoms. The Kier molecular flexibility index (Phi) is 4.93. The van der Waals surface area contributed by atoms with Gasteiger partial charge in [-0.05, 0) is 37.6 Å². The van der Waals surface area contributed by atoms with Crippen LogP contribution in [0.15, 0.2) is 60.7 Å². The Balaban J connectivity index is 1.61. The summed E-state index contributed by atoms with van der Waals surface area (Å²) >= 11 is 0. The van der Waals surface area contributed by atoms with E-state index in [9.17, 15) is 4.79 Å². The quantitative estimate of drug-likeness (QED) is 0.562. The molecule has 0 bridgehead atoms. The van der Waals surface area contributed by atoms with Crippen LogP contribution >= 0.6 is 0 Å². The first kappa shape index (κ1) is 18.0. The number of amides is 1. The van der Waals surface area contributed by atoms with Crippen LogP contribution < -0.4 is 5.32 Å². The van der Waals surface area contributed by atoms with Gasteiger partial charge in [-0.15, -0.1) is 0 Å². The molecule has 0 fully saturated rings. The minimum Gasteiger partial charge on any atom is -0.343 e. The van der Waals surface area contributed by atoms with Crippen LogP contribution in [-0.4, -0.2) is 25.2 Å². The van der Waals surface area contributed by atoms with Crippen molar-refractivity contribution in [2.75, 3.05) is 0 Å². The largest absolute Gasteiger partial charge is 0.343 e. The normalized spacial score (nSPS) is 11.1. The number of nitrogens with zero attached hydrogens (tertiary/aromatic N) is 4. The molecule has 1 amide bonds. The maximum Gasteiger partial charge on any atom is 0.269 e. The highest BCUT2D eigenvalue weighted by molar-refractivity contribution is 5.92. The second kappa shape index (κ2) is 7.68. The second-order valence-electron chi connectivity index (χ2n) is 6.76. The van der Waals surface area contributed by atoms with E-state index in [-0.39, 0.29) is 5.91 Å². The zero-order valence-electron chi connectivity index (χ0n) is 16.1. The van der Waals surface area contributed by atoms with Crippen molar-refractivity contribution in [3.05, 3.63) is 83.4 Å². The molecule has 142 valence electrons. The smallest absolute Gasteiger partial charge is 0.269 e. The van der Waals surface area contributed by atoms with E-state index >= 15 is 0 Å². The Bertz CT molecular complexity index is 1110. The van der Waals surface area contributed by atoms with Crippen LogP contribution in [0.25, 0.3) is 11.0 Å². The van der Waals surface area contributed by atoms with Gasteiger partial charge in [-0.1, -0.05) is 42.5 Å². The van der Waals surface area contributed by atoms with Crippen LogP contribution in [0.1, 0.15) is 34.5 Å². The molecule has 0 unspecified atom stereocenters. The number of rotatable bonds is 6. The van der Waals surface area contributed by atoms with Crippen LogP contribution in [-0.2, 0) is 19.6 Å². The van der Waals surface area contributed by atoms with E-state index in [4.69, 9.17) is 4.98 Å². The predicted octanol–water partition coefficient (Wildman–Crippen LogP) is 3.54. The van der Waals surface area contributed by atoms with Gasteiger partial charge in [-0.2, -0.15) is 5.10 Å². The number of benzene rings is 2. The third kappa shape index (κ3) is 3.53. The molecule has 0 aliphatic rings. The average Bonchev–Trinajstić information content (AvgIpc) is 3.27. The lowest BCUT2D eigenvalue weighted by molar-refractivity contribution is 0.0939. The molecule has 4 rings (SSSR count). The van der Waals surface area contributed by atoms with Crippen molar-refractivity contribution in [2.45, 2.75) is 33.5 Å². The molecule has 0 atom stereocenters. The Labute approximate surface area is 163 Å². The summed E-state index contributed by atoms with van der Waals surface area (Å²) < 4.78 is 3.88. The molecule has 0 aliphatic carbocycles. The van der Waals surface area contributed by atoms with Crippen molar-refractivity contribution < 1.29 is 4.79 Å². The van der Waals surface area contributed by atoms with Crippen LogP contribution in [0.4, 0.5) is 0 Å². The Morgan fingerprint density at radius 2 is 1.82 bits per heavy atom. The summed E-state index contributed by atoms with van der Waals surface area (Å²) in [6.07, 6.45) is 0. The SMILES string of the molecule is CCn1nc(C)cc1C(=O)NCc1nc2ccccc2n1Cc1ccccc1. The number of aromatic nitrogens is 4. The lowest BCUT2D eigenvalue weighted by Gasteiger charge is -2.11. The lowest BCUT2D eigenvalue weighted by Crippen LogP contribution is -2.27. The standard InChI is InChI=1S/C22H23N5O/c1-3-27-20(13-16(2)25-27)22(28)23-14-21-24-18-11-7-8-12-19(18)26(21)15-17-9-5-4-6-10-17/h4-13H,3,14-15H2,1-2H3,(H,23,28). The number of nitrogens with one attached hydrogen (secondary N) is 1. The van der Waals surface area contributed by atoms with Gasteiger partial charge >= 0.3 is 0 Å². The van der Waals surface area contributed by atoms with Crippen molar-refractivity contribution in [2.24, 2.45) is 0 Å². The monoisotopic (exact) mass is 373 g/mol. The van der Waals surface area contributed by atoms with Gasteiger partial charge < -0.3 is 9.88 Å². The molecule has 2 aromatic carbocycles. The van der Waals surface area contributed by atoms with Gasteiger partial charge in [0.1, 0.15) is 11.5 Å². The summed E-state index contributed by atoms with van der Waals surface area (Å²) in [7, 11) is 0. The Hall–Kier alpha value is -3.41. The van der Waals surface area contributed by atoms with Crippen molar-refractivity contribution >= 4 is 16.9 Å². The first-order valence-corrected chi connectivity index (χ1v) is 9.46. The molecule has 6 nitrogen and oxygen atoms in total. The molecule has 0 spiro atoms. The van der Waals surface area contributed by atoms with Gasteiger partial charge in [0.2, 0.25) is 0 Å². The summed E-state index contributed by atoms with van der Waals surface area (Å²) in [6, 6.07) is 20.1. The summed E-state index contributed by atoms with van der Waals surface area (Å²) in [6.45, 7) is 5.58. The summed E-state index contributed by atoms with van der Waals surface area (Å²) in [4.78, 5) is 17.4. The summed E-state index contributed by atoms with van der Waals surface area (Å²) in [5, 5.41) is 7.36. The lowest BCUT2D eigenvalue weighted by atomic mass is 10.2. The Morgan fingerprint density at radius 1 is 1.07 bits per heavy atom. The van der Waals surface area contributed by atoms with Crippen LogP contribution in [0.5, 0.6) is 0 Å². The number of carbonyl (C=O) groups excluding carboxylic acids is 1. The number of aryl methyl sites for hydroxylation is 2. The molecule has 28 heavy (non-hydrogen) atoms. The molecular weight excluding hydrogens is 350 g/mol. The van der Waals surface area contributed by atoms with E-state index in [1.54, 1.807) is 4.68 Å².